The Hall–Kier alpha value is -2.91. The second kappa shape index (κ2) is 10.2. The van der Waals surface area contributed by atoms with E-state index in [4.69, 9.17) is 9.47 Å². The van der Waals surface area contributed by atoms with Crippen LogP contribution in [0.4, 0.5) is 0 Å². The second-order valence-corrected chi connectivity index (χ2v) is 8.33. The quantitative estimate of drug-likeness (QED) is 0.395. The van der Waals surface area contributed by atoms with E-state index in [0.717, 1.165) is 22.7 Å². The number of amides is 2. The number of thiophene rings is 1. The van der Waals surface area contributed by atoms with Gasteiger partial charge in [-0.1, -0.05) is 19.4 Å². The molecule has 0 aliphatic heterocycles. The normalized spacial score (nSPS) is 10.5. The first-order chi connectivity index (χ1) is 14.5. The number of carbonyl (C=O) groups is 2. The van der Waals surface area contributed by atoms with Crippen LogP contribution in [-0.2, 0) is 0 Å². The smallest absolute Gasteiger partial charge is 0.281 e. The summed E-state index contributed by atoms with van der Waals surface area (Å²) >= 11 is 2.85. The first-order valence-corrected chi connectivity index (χ1v) is 11.2. The minimum atomic E-state index is -0.456. The van der Waals surface area contributed by atoms with Crippen molar-refractivity contribution < 1.29 is 19.1 Å². The Balaban J connectivity index is 1.63. The lowest BCUT2D eigenvalue weighted by atomic mass is 10.2. The molecule has 7 nitrogen and oxygen atoms in total. The minimum absolute atomic E-state index is 0.343. The van der Waals surface area contributed by atoms with E-state index in [2.05, 4.69) is 22.8 Å². The predicted octanol–water partition coefficient (Wildman–Crippen LogP) is 4.44. The van der Waals surface area contributed by atoms with Crippen molar-refractivity contribution >= 4 is 34.5 Å². The summed E-state index contributed by atoms with van der Waals surface area (Å²) < 4.78 is 11.0. The standard InChI is InChI=1S/C21H23N3O4S2/c1-4-5-10-28-15-9-8-14(12-16(15)27-3)19(25)23-24-20(26)18-13(2)22-21(30-18)17-7-6-11-29-17/h6-9,11-12H,4-5,10H2,1-3H3,(H,23,25)(H,24,26). The van der Waals surface area contributed by atoms with E-state index >= 15 is 0 Å². The molecule has 0 saturated carbocycles. The lowest BCUT2D eigenvalue weighted by molar-refractivity contribution is 0.0848. The van der Waals surface area contributed by atoms with Gasteiger partial charge in [0.25, 0.3) is 11.8 Å². The molecular weight excluding hydrogens is 422 g/mol. The van der Waals surface area contributed by atoms with Gasteiger partial charge in [-0.3, -0.25) is 20.4 Å². The van der Waals surface area contributed by atoms with Gasteiger partial charge in [0.2, 0.25) is 0 Å². The average molecular weight is 446 g/mol. The highest BCUT2D eigenvalue weighted by Crippen LogP contribution is 2.31. The Morgan fingerprint density at radius 3 is 2.63 bits per heavy atom. The van der Waals surface area contributed by atoms with Crippen LogP contribution in [-0.4, -0.2) is 30.5 Å². The lowest BCUT2D eigenvalue weighted by Crippen LogP contribution is -2.41. The third-order valence-corrected chi connectivity index (χ3v) is 6.40. The number of aromatic nitrogens is 1. The fraction of sp³-hybridized carbons (Fsp3) is 0.286. The third kappa shape index (κ3) is 5.17. The fourth-order valence-electron chi connectivity index (χ4n) is 2.61. The Labute approximate surface area is 183 Å². The van der Waals surface area contributed by atoms with Gasteiger partial charge in [0.15, 0.2) is 11.5 Å². The number of benzene rings is 1. The number of hydrogen-bond donors (Lipinski definition) is 2. The SMILES string of the molecule is CCCCOc1ccc(C(=O)NNC(=O)c2sc(-c3cccs3)nc2C)cc1OC. The van der Waals surface area contributed by atoms with Crippen LogP contribution in [0.15, 0.2) is 35.7 Å². The molecule has 0 aliphatic rings. The number of methoxy groups -OCH3 is 1. The summed E-state index contributed by atoms with van der Waals surface area (Å²) in [6.45, 7) is 4.43. The van der Waals surface area contributed by atoms with Gasteiger partial charge in [-0.2, -0.15) is 0 Å². The van der Waals surface area contributed by atoms with Crippen LogP contribution < -0.4 is 20.3 Å². The van der Waals surface area contributed by atoms with Crippen LogP contribution in [0.25, 0.3) is 9.88 Å². The van der Waals surface area contributed by atoms with Gasteiger partial charge in [-0.15, -0.1) is 22.7 Å². The van der Waals surface area contributed by atoms with Gasteiger partial charge in [0.05, 0.1) is 24.3 Å². The molecule has 3 aromatic rings. The highest BCUT2D eigenvalue weighted by molar-refractivity contribution is 7.22. The molecule has 158 valence electrons. The van der Waals surface area contributed by atoms with Crippen molar-refractivity contribution in [3.63, 3.8) is 0 Å². The molecule has 2 aromatic heterocycles. The molecule has 0 radical (unpaired) electrons. The molecule has 0 spiro atoms. The molecule has 0 unspecified atom stereocenters. The van der Waals surface area contributed by atoms with Crippen LogP contribution in [0.3, 0.4) is 0 Å². The molecule has 2 amide bonds. The number of rotatable bonds is 8. The van der Waals surface area contributed by atoms with E-state index in [1.807, 2.05) is 17.5 Å². The predicted molar refractivity (Wildman–Crippen MR) is 118 cm³/mol. The number of nitrogens with zero attached hydrogens (tertiary/aromatic N) is 1. The Morgan fingerprint density at radius 1 is 1.13 bits per heavy atom. The highest BCUT2D eigenvalue weighted by atomic mass is 32.1. The molecule has 0 saturated heterocycles. The topological polar surface area (TPSA) is 89.6 Å². The van der Waals surface area contributed by atoms with Crippen molar-refractivity contribution in [3.8, 4) is 21.4 Å². The van der Waals surface area contributed by atoms with Crippen LogP contribution >= 0.6 is 22.7 Å². The molecule has 0 atom stereocenters. The Bertz CT molecular complexity index is 1020. The zero-order valence-corrected chi connectivity index (χ0v) is 18.6. The molecule has 0 aliphatic carbocycles. The second-order valence-electron chi connectivity index (χ2n) is 6.39. The van der Waals surface area contributed by atoms with Gasteiger partial charge in [0, 0.05) is 5.56 Å². The van der Waals surface area contributed by atoms with E-state index in [9.17, 15) is 9.59 Å². The van der Waals surface area contributed by atoms with Crippen molar-refractivity contribution in [1.29, 1.82) is 0 Å². The summed E-state index contributed by atoms with van der Waals surface area (Å²) in [5.74, 6) is 0.173. The van der Waals surface area contributed by atoms with Crippen molar-refractivity contribution in [1.82, 2.24) is 15.8 Å². The first-order valence-electron chi connectivity index (χ1n) is 9.46. The molecule has 30 heavy (non-hydrogen) atoms. The molecular formula is C21H23N3O4S2. The summed E-state index contributed by atoms with van der Waals surface area (Å²) in [5.41, 5.74) is 5.85. The monoisotopic (exact) mass is 445 g/mol. The zero-order chi connectivity index (χ0) is 21.5. The van der Waals surface area contributed by atoms with E-state index in [1.165, 1.54) is 18.4 Å². The van der Waals surface area contributed by atoms with Crippen molar-refractivity contribution in [2.45, 2.75) is 26.7 Å². The summed E-state index contributed by atoms with van der Waals surface area (Å²) in [5, 5.41) is 2.74. The molecule has 2 N–H and O–H groups in total. The Morgan fingerprint density at radius 2 is 1.93 bits per heavy atom. The van der Waals surface area contributed by atoms with E-state index < -0.39 is 11.8 Å². The fourth-order valence-corrected chi connectivity index (χ4v) is 4.37. The number of unbranched alkanes of at least 4 members (excludes halogenated alkanes) is 1. The van der Waals surface area contributed by atoms with E-state index in [1.54, 1.807) is 36.5 Å². The van der Waals surface area contributed by atoms with Gasteiger partial charge in [0.1, 0.15) is 9.88 Å². The molecule has 9 heteroatoms. The molecule has 3 rings (SSSR count). The largest absolute Gasteiger partial charge is 0.493 e. The number of hydrogen-bond acceptors (Lipinski definition) is 7. The first kappa shape index (κ1) is 21.8. The molecule has 0 fully saturated rings. The maximum atomic E-state index is 12.5. The molecule has 2 heterocycles. The minimum Gasteiger partial charge on any atom is -0.493 e. The number of hydrazine groups is 1. The number of aryl methyl sites for hydroxylation is 1. The van der Waals surface area contributed by atoms with Crippen LogP contribution in [0.2, 0.25) is 0 Å². The zero-order valence-electron chi connectivity index (χ0n) is 17.0. The summed E-state index contributed by atoms with van der Waals surface area (Å²) in [6.07, 6.45) is 1.96. The Kier molecular flexibility index (Phi) is 7.42. The highest BCUT2D eigenvalue weighted by Gasteiger charge is 2.18. The number of nitrogens with one attached hydrogen (secondary N) is 2. The van der Waals surface area contributed by atoms with Crippen LogP contribution in [0, 0.1) is 6.92 Å². The van der Waals surface area contributed by atoms with Gasteiger partial charge in [-0.05, 0) is 43.0 Å². The third-order valence-electron chi connectivity index (χ3n) is 4.21. The number of thiazole rings is 1. The van der Waals surface area contributed by atoms with Gasteiger partial charge >= 0.3 is 0 Å². The summed E-state index contributed by atoms with van der Waals surface area (Å²) in [7, 11) is 1.52. The van der Waals surface area contributed by atoms with Gasteiger partial charge in [-0.25, -0.2) is 4.98 Å². The average Bonchev–Trinajstić information content (AvgIpc) is 3.42. The molecule has 0 bridgehead atoms. The van der Waals surface area contributed by atoms with Crippen molar-refractivity contribution in [3.05, 3.63) is 51.8 Å². The van der Waals surface area contributed by atoms with Crippen LogP contribution in [0.1, 0.15) is 45.5 Å². The maximum Gasteiger partial charge on any atom is 0.281 e. The van der Waals surface area contributed by atoms with Crippen molar-refractivity contribution in [2.75, 3.05) is 13.7 Å². The van der Waals surface area contributed by atoms with Gasteiger partial charge < -0.3 is 9.47 Å². The lowest BCUT2D eigenvalue weighted by Gasteiger charge is -2.12. The number of carbonyl (C=O) groups excluding carboxylic acids is 2. The summed E-state index contributed by atoms with van der Waals surface area (Å²) in [6, 6.07) is 8.78. The van der Waals surface area contributed by atoms with Crippen molar-refractivity contribution in [2.24, 2.45) is 0 Å². The van der Waals surface area contributed by atoms with E-state index in [0.29, 0.717) is 34.2 Å². The maximum absolute atomic E-state index is 12.5. The summed E-state index contributed by atoms with van der Waals surface area (Å²) in [4.78, 5) is 30.9. The number of ether oxygens (including phenoxy) is 2. The molecule has 1 aromatic carbocycles. The van der Waals surface area contributed by atoms with E-state index in [-0.39, 0.29) is 0 Å². The van der Waals surface area contributed by atoms with Crippen LogP contribution in [0.5, 0.6) is 11.5 Å².